The van der Waals surface area contributed by atoms with Crippen LogP contribution in [0.1, 0.15) is 64.5 Å². The van der Waals surface area contributed by atoms with Crippen LogP contribution in [-0.2, 0) is 22.7 Å². The summed E-state index contributed by atoms with van der Waals surface area (Å²) in [6.07, 6.45) is 4.22. The Bertz CT molecular complexity index is 708. The molecule has 0 N–H and O–H groups in total. The van der Waals surface area contributed by atoms with E-state index in [1.165, 1.54) is 11.1 Å². The maximum atomic E-state index is 12.8. The second-order valence-corrected chi connectivity index (χ2v) is 9.99. The summed E-state index contributed by atoms with van der Waals surface area (Å²) in [5.41, 5.74) is 2.63. The quantitative estimate of drug-likeness (QED) is 0.521. The van der Waals surface area contributed by atoms with Gasteiger partial charge in [0.25, 0.3) is 0 Å². The molecular weight excluding hydrogens is 424 g/mol. The monoisotopic (exact) mass is 470 g/mol. The van der Waals surface area contributed by atoms with Gasteiger partial charge in [-0.3, -0.25) is 19.4 Å². The Kier molecular flexibility index (Phi) is 10.4. The first-order valence-electron chi connectivity index (χ1n) is 13.6. The average Bonchev–Trinajstić information content (AvgIpc) is 2.87. The molecule has 0 bridgehead atoms. The molecule has 6 heteroatoms. The van der Waals surface area contributed by atoms with Crippen molar-refractivity contribution in [1.29, 1.82) is 0 Å². The van der Waals surface area contributed by atoms with Crippen molar-refractivity contribution in [2.75, 3.05) is 52.4 Å². The highest BCUT2D eigenvalue weighted by molar-refractivity contribution is 5.79. The van der Waals surface area contributed by atoms with E-state index in [-0.39, 0.29) is 11.8 Å². The highest BCUT2D eigenvalue weighted by Gasteiger charge is 2.29. The average molecular weight is 471 g/mol. The number of piperidine rings is 2. The van der Waals surface area contributed by atoms with Crippen molar-refractivity contribution in [3.63, 3.8) is 0 Å². The Balaban J connectivity index is 1.51. The Morgan fingerprint density at radius 2 is 1.06 bits per heavy atom. The molecular formula is C28H46N4O2. The van der Waals surface area contributed by atoms with Gasteiger partial charge in [0.05, 0.1) is 11.8 Å². The number of benzene rings is 1. The number of hydrogen-bond donors (Lipinski definition) is 0. The SMILES string of the molecule is CCN(CC)C(=O)[C@@H]1CCCN(Cc2ccc(CN3CCC[C@H](C(=O)N(CC)CC)C3)cc2)C1. The third-order valence-corrected chi connectivity index (χ3v) is 7.70. The van der Waals surface area contributed by atoms with Crippen molar-refractivity contribution in [2.45, 2.75) is 66.5 Å². The van der Waals surface area contributed by atoms with E-state index < -0.39 is 0 Å². The normalized spacial score (nSPS) is 21.9. The van der Waals surface area contributed by atoms with Gasteiger partial charge in [-0.05, 0) is 77.6 Å². The van der Waals surface area contributed by atoms with Crippen LogP contribution in [0, 0.1) is 11.8 Å². The summed E-state index contributed by atoms with van der Waals surface area (Å²) >= 11 is 0. The van der Waals surface area contributed by atoms with Gasteiger partial charge in [-0.2, -0.15) is 0 Å². The molecule has 0 spiro atoms. The lowest BCUT2D eigenvalue weighted by Crippen LogP contribution is -2.44. The van der Waals surface area contributed by atoms with Crippen molar-refractivity contribution >= 4 is 11.8 Å². The first-order valence-corrected chi connectivity index (χ1v) is 13.6. The Morgan fingerprint density at radius 3 is 1.38 bits per heavy atom. The molecule has 0 aromatic heterocycles. The van der Waals surface area contributed by atoms with E-state index in [2.05, 4.69) is 61.8 Å². The number of carbonyl (C=O) groups is 2. The van der Waals surface area contributed by atoms with Crippen LogP contribution < -0.4 is 0 Å². The summed E-state index contributed by atoms with van der Waals surface area (Å²) < 4.78 is 0. The molecule has 2 atom stereocenters. The third-order valence-electron chi connectivity index (χ3n) is 7.70. The fourth-order valence-electron chi connectivity index (χ4n) is 5.65. The van der Waals surface area contributed by atoms with E-state index in [1.54, 1.807) is 0 Å². The highest BCUT2D eigenvalue weighted by atomic mass is 16.2. The van der Waals surface area contributed by atoms with E-state index in [0.29, 0.717) is 11.8 Å². The van der Waals surface area contributed by atoms with Crippen LogP contribution in [0.4, 0.5) is 0 Å². The van der Waals surface area contributed by atoms with Gasteiger partial charge < -0.3 is 9.80 Å². The number of amides is 2. The van der Waals surface area contributed by atoms with Crippen LogP contribution >= 0.6 is 0 Å². The molecule has 2 aliphatic heterocycles. The molecule has 190 valence electrons. The number of carbonyl (C=O) groups excluding carboxylic acids is 2. The Labute approximate surface area is 207 Å². The first kappa shape index (κ1) is 26.7. The summed E-state index contributed by atoms with van der Waals surface area (Å²) in [5.74, 6) is 0.923. The lowest BCUT2D eigenvalue weighted by Gasteiger charge is -2.35. The summed E-state index contributed by atoms with van der Waals surface area (Å²) in [6, 6.07) is 8.97. The summed E-state index contributed by atoms with van der Waals surface area (Å²) in [7, 11) is 0. The number of rotatable bonds is 10. The van der Waals surface area contributed by atoms with Crippen molar-refractivity contribution in [3.05, 3.63) is 35.4 Å². The second-order valence-electron chi connectivity index (χ2n) is 9.99. The van der Waals surface area contributed by atoms with Gasteiger partial charge in [0.2, 0.25) is 11.8 Å². The van der Waals surface area contributed by atoms with Crippen molar-refractivity contribution < 1.29 is 9.59 Å². The lowest BCUT2D eigenvalue weighted by atomic mass is 9.95. The molecule has 0 aliphatic carbocycles. The number of hydrogen-bond acceptors (Lipinski definition) is 4. The molecule has 1 aromatic rings. The van der Waals surface area contributed by atoms with E-state index in [4.69, 9.17) is 0 Å². The van der Waals surface area contributed by atoms with Crippen LogP contribution in [0.5, 0.6) is 0 Å². The van der Waals surface area contributed by atoms with Gasteiger partial charge in [0, 0.05) is 52.4 Å². The third kappa shape index (κ3) is 7.05. The lowest BCUT2D eigenvalue weighted by molar-refractivity contribution is -0.137. The summed E-state index contributed by atoms with van der Waals surface area (Å²) in [6.45, 7) is 17.2. The highest BCUT2D eigenvalue weighted by Crippen LogP contribution is 2.23. The van der Waals surface area contributed by atoms with Gasteiger partial charge >= 0.3 is 0 Å². The fraction of sp³-hybridized carbons (Fsp3) is 0.714. The van der Waals surface area contributed by atoms with Gasteiger partial charge in [-0.1, -0.05) is 24.3 Å². The minimum atomic E-state index is 0.138. The molecule has 0 saturated carbocycles. The molecule has 2 fully saturated rings. The molecule has 6 nitrogen and oxygen atoms in total. The van der Waals surface area contributed by atoms with E-state index in [9.17, 15) is 9.59 Å². The van der Waals surface area contributed by atoms with Crippen LogP contribution in [0.3, 0.4) is 0 Å². The zero-order chi connectivity index (χ0) is 24.5. The predicted molar refractivity (Wildman–Crippen MR) is 138 cm³/mol. The largest absolute Gasteiger partial charge is 0.343 e. The summed E-state index contributed by atoms with van der Waals surface area (Å²) in [4.78, 5) is 34.4. The van der Waals surface area contributed by atoms with E-state index in [0.717, 1.165) is 91.1 Å². The minimum Gasteiger partial charge on any atom is -0.343 e. The topological polar surface area (TPSA) is 47.1 Å². The van der Waals surface area contributed by atoms with Crippen LogP contribution in [0.2, 0.25) is 0 Å². The molecule has 1 aromatic carbocycles. The first-order chi connectivity index (χ1) is 16.5. The van der Waals surface area contributed by atoms with Crippen molar-refractivity contribution in [1.82, 2.24) is 19.6 Å². The fourth-order valence-corrected chi connectivity index (χ4v) is 5.65. The summed E-state index contributed by atoms with van der Waals surface area (Å²) in [5, 5.41) is 0. The van der Waals surface area contributed by atoms with Crippen molar-refractivity contribution in [2.24, 2.45) is 11.8 Å². The molecule has 0 unspecified atom stereocenters. The van der Waals surface area contributed by atoms with E-state index in [1.807, 2.05) is 9.80 Å². The molecule has 2 saturated heterocycles. The van der Waals surface area contributed by atoms with Crippen molar-refractivity contribution in [3.8, 4) is 0 Å². The molecule has 2 amide bonds. The standard InChI is InChI=1S/C28H46N4O2/c1-5-31(6-2)27(33)25-11-9-17-29(21-25)19-23-13-15-24(16-14-23)20-30-18-10-12-26(22-30)28(34)32(7-3)8-4/h13-16,25-26H,5-12,17-22H2,1-4H3/t25-,26+. The zero-order valence-electron chi connectivity index (χ0n) is 22.0. The Morgan fingerprint density at radius 1 is 0.706 bits per heavy atom. The minimum absolute atomic E-state index is 0.138. The molecule has 0 radical (unpaired) electrons. The maximum Gasteiger partial charge on any atom is 0.226 e. The van der Waals surface area contributed by atoms with Gasteiger partial charge in [-0.15, -0.1) is 0 Å². The smallest absolute Gasteiger partial charge is 0.226 e. The van der Waals surface area contributed by atoms with Gasteiger partial charge in [-0.25, -0.2) is 0 Å². The van der Waals surface area contributed by atoms with Crippen LogP contribution in [-0.4, -0.2) is 83.8 Å². The molecule has 2 aliphatic rings. The molecule has 34 heavy (non-hydrogen) atoms. The number of likely N-dealkylation sites (tertiary alicyclic amines) is 2. The predicted octanol–water partition coefficient (Wildman–Crippen LogP) is 3.85. The van der Waals surface area contributed by atoms with Gasteiger partial charge in [0.1, 0.15) is 0 Å². The number of nitrogens with zero attached hydrogens (tertiary/aromatic N) is 4. The van der Waals surface area contributed by atoms with Gasteiger partial charge in [0.15, 0.2) is 0 Å². The molecule has 3 rings (SSSR count). The maximum absolute atomic E-state index is 12.8. The van der Waals surface area contributed by atoms with E-state index >= 15 is 0 Å². The van der Waals surface area contributed by atoms with Crippen LogP contribution in [0.15, 0.2) is 24.3 Å². The zero-order valence-corrected chi connectivity index (χ0v) is 22.0. The molecule has 2 heterocycles. The second kappa shape index (κ2) is 13.2. The van der Waals surface area contributed by atoms with Crippen LogP contribution in [0.25, 0.3) is 0 Å². The Hall–Kier alpha value is -1.92.